The topological polar surface area (TPSA) is 82.4 Å². The molecule has 0 aromatic rings. The number of nitrogens with one attached hydrogen (secondary N) is 1. The van der Waals surface area contributed by atoms with Gasteiger partial charge in [0, 0.05) is 19.6 Å². The Hall–Kier alpha value is -1.77. The summed E-state index contributed by atoms with van der Waals surface area (Å²) in [6, 6.07) is 1.82. The monoisotopic (exact) mass is 267 g/mol. The Morgan fingerprint density at radius 1 is 1.63 bits per heavy atom. The third-order valence-electron chi connectivity index (χ3n) is 3.82. The van der Waals surface area contributed by atoms with E-state index in [1.165, 1.54) is 7.11 Å². The Bertz CT molecular complexity index is 404. The van der Waals surface area contributed by atoms with E-state index in [1.807, 2.05) is 13.8 Å². The molecule has 1 fully saturated rings. The molecular weight excluding hydrogens is 246 g/mol. The van der Waals surface area contributed by atoms with E-state index in [-0.39, 0.29) is 23.8 Å². The maximum absolute atomic E-state index is 12.0. The first kappa shape index (κ1) is 15.3. The normalized spacial score (nSPS) is 27.5. The molecule has 19 heavy (non-hydrogen) atoms. The average Bonchev–Trinajstić information content (AvgIpc) is 2.71. The van der Waals surface area contributed by atoms with E-state index in [9.17, 15) is 9.59 Å². The van der Waals surface area contributed by atoms with E-state index in [2.05, 4.69) is 11.4 Å². The highest BCUT2D eigenvalue weighted by Gasteiger charge is 2.48. The number of nitriles is 1. The second kappa shape index (κ2) is 5.91. The van der Waals surface area contributed by atoms with Gasteiger partial charge in [-0.05, 0) is 19.8 Å². The van der Waals surface area contributed by atoms with Crippen molar-refractivity contribution in [2.75, 3.05) is 26.7 Å². The molecule has 2 amide bonds. The molecule has 3 atom stereocenters. The fraction of sp³-hybridized carbons (Fsp3) is 0.769. The molecule has 0 spiro atoms. The highest BCUT2D eigenvalue weighted by molar-refractivity contribution is 5.81. The van der Waals surface area contributed by atoms with Gasteiger partial charge >= 0.3 is 12.0 Å². The summed E-state index contributed by atoms with van der Waals surface area (Å²) in [6.45, 7) is 6.66. The van der Waals surface area contributed by atoms with Crippen molar-refractivity contribution in [2.24, 2.45) is 17.3 Å². The van der Waals surface area contributed by atoms with Gasteiger partial charge in [-0.3, -0.25) is 4.79 Å². The van der Waals surface area contributed by atoms with E-state index < -0.39 is 5.41 Å². The summed E-state index contributed by atoms with van der Waals surface area (Å²) < 4.78 is 4.81. The number of hydrogen-bond donors (Lipinski definition) is 1. The first-order valence-corrected chi connectivity index (χ1v) is 6.36. The molecule has 1 rings (SSSR count). The Kier molecular flexibility index (Phi) is 4.76. The first-order valence-electron chi connectivity index (χ1n) is 6.36. The third-order valence-corrected chi connectivity index (χ3v) is 3.82. The smallest absolute Gasteiger partial charge is 0.317 e. The highest BCUT2D eigenvalue weighted by atomic mass is 16.5. The fourth-order valence-corrected chi connectivity index (χ4v) is 2.20. The molecule has 1 saturated heterocycles. The van der Waals surface area contributed by atoms with Gasteiger partial charge in [0.25, 0.3) is 0 Å². The summed E-state index contributed by atoms with van der Waals surface area (Å²) in [5.74, 6) is -0.476. The number of rotatable bonds is 3. The molecule has 6 heteroatoms. The maximum Gasteiger partial charge on any atom is 0.317 e. The van der Waals surface area contributed by atoms with Crippen molar-refractivity contribution in [1.82, 2.24) is 10.2 Å². The largest absolute Gasteiger partial charge is 0.469 e. The number of likely N-dealkylation sites (tertiary alicyclic amines) is 1. The van der Waals surface area contributed by atoms with Crippen LogP contribution < -0.4 is 5.32 Å². The number of hydrogen-bond acceptors (Lipinski definition) is 4. The molecule has 1 aliphatic rings. The van der Waals surface area contributed by atoms with Gasteiger partial charge in [0.1, 0.15) is 0 Å². The first-order chi connectivity index (χ1) is 8.85. The van der Waals surface area contributed by atoms with Crippen LogP contribution in [0.3, 0.4) is 0 Å². The minimum Gasteiger partial charge on any atom is -0.469 e. The van der Waals surface area contributed by atoms with Crippen LogP contribution in [0.2, 0.25) is 0 Å². The molecule has 0 saturated carbocycles. The van der Waals surface area contributed by atoms with Crippen molar-refractivity contribution in [3.05, 3.63) is 0 Å². The third kappa shape index (κ3) is 3.16. The SMILES string of the molecule is COC(=O)[C@]1(C)CN(C(=O)NCC(C)C#N)C[C@H]1C. The minimum atomic E-state index is -0.660. The average molecular weight is 267 g/mol. The van der Waals surface area contributed by atoms with E-state index in [4.69, 9.17) is 10.00 Å². The van der Waals surface area contributed by atoms with Gasteiger partial charge < -0.3 is 15.0 Å². The number of carbonyl (C=O) groups is 2. The van der Waals surface area contributed by atoms with Gasteiger partial charge in [0.05, 0.1) is 24.5 Å². The van der Waals surface area contributed by atoms with E-state index in [1.54, 1.807) is 11.8 Å². The summed E-state index contributed by atoms with van der Waals surface area (Å²) >= 11 is 0. The van der Waals surface area contributed by atoms with Crippen molar-refractivity contribution in [3.8, 4) is 6.07 Å². The van der Waals surface area contributed by atoms with Gasteiger partial charge in [-0.25, -0.2) is 4.79 Å². The van der Waals surface area contributed by atoms with Gasteiger partial charge in [0.2, 0.25) is 0 Å². The zero-order valence-corrected chi connectivity index (χ0v) is 11.9. The fourth-order valence-electron chi connectivity index (χ4n) is 2.20. The number of ether oxygens (including phenoxy) is 1. The Balaban J connectivity index is 2.62. The second-order valence-electron chi connectivity index (χ2n) is 5.41. The molecule has 1 heterocycles. The lowest BCUT2D eigenvalue weighted by Gasteiger charge is -2.24. The van der Waals surface area contributed by atoms with Gasteiger partial charge in [-0.1, -0.05) is 6.92 Å². The van der Waals surface area contributed by atoms with Crippen LogP contribution in [-0.2, 0) is 9.53 Å². The summed E-state index contributed by atoms with van der Waals surface area (Å²) in [6.07, 6.45) is 0. The van der Waals surface area contributed by atoms with E-state index >= 15 is 0 Å². The highest BCUT2D eigenvalue weighted by Crippen LogP contribution is 2.36. The predicted octanol–water partition coefficient (Wildman–Crippen LogP) is 0.987. The van der Waals surface area contributed by atoms with E-state index in [0.717, 1.165) is 0 Å². The van der Waals surface area contributed by atoms with Crippen LogP contribution in [0.25, 0.3) is 0 Å². The Morgan fingerprint density at radius 2 is 2.26 bits per heavy atom. The van der Waals surface area contributed by atoms with Crippen molar-refractivity contribution < 1.29 is 14.3 Å². The lowest BCUT2D eigenvalue weighted by atomic mass is 9.81. The number of esters is 1. The zero-order chi connectivity index (χ0) is 14.6. The van der Waals surface area contributed by atoms with Crippen molar-refractivity contribution in [1.29, 1.82) is 5.26 Å². The zero-order valence-electron chi connectivity index (χ0n) is 11.9. The molecule has 0 aromatic heterocycles. The number of methoxy groups -OCH3 is 1. The number of nitrogens with zero attached hydrogens (tertiary/aromatic N) is 2. The number of carbonyl (C=O) groups excluding carboxylic acids is 2. The van der Waals surface area contributed by atoms with Crippen LogP contribution in [0.5, 0.6) is 0 Å². The molecule has 1 N–H and O–H groups in total. The van der Waals surface area contributed by atoms with E-state index in [0.29, 0.717) is 19.6 Å². The lowest BCUT2D eigenvalue weighted by Crippen LogP contribution is -2.42. The molecule has 0 aromatic carbocycles. The van der Waals surface area contributed by atoms with Crippen LogP contribution in [0.1, 0.15) is 20.8 Å². The summed E-state index contributed by atoms with van der Waals surface area (Å²) in [4.78, 5) is 25.4. The van der Waals surface area contributed by atoms with Gasteiger partial charge in [-0.15, -0.1) is 0 Å². The quantitative estimate of drug-likeness (QED) is 0.773. The van der Waals surface area contributed by atoms with Gasteiger partial charge in [-0.2, -0.15) is 5.26 Å². The maximum atomic E-state index is 12.0. The van der Waals surface area contributed by atoms with Crippen LogP contribution in [0.4, 0.5) is 4.79 Å². The molecule has 6 nitrogen and oxygen atoms in total. The summed E-state index contributed by atoms with van der Waals surface area (Å²) in [5.41, 5.74) is -0.660. The molecule has 1 aliphatic heterocycles. The molecule has 0 bridgehead atoms. The Labute approximate surface area is 113 Å². The number of amides is 2. The minimum absolute atomic E-state index is 0.0408. The van der Waals surface area contributed by atoms with Crippen LogP contribution in [0, 0.1) is 28.6 Å². The molecule has 0 aliphatic carbocycles. The summed E-state index contributed by atoms with van der Waals surface area (Å²) in [7, 11) is 1.36. The molecule has 1 unspecified atom stereocenters. The second-order valence-corrected chi connectivity index (χ2v) is 5.41. The van der Waals surface area contributed by atoms with Crippen molar-refractivity contribution >= 4 is 12.0 Å². The van der Waals surface area contributed by atoms with Crippen LogP contribution in [0.15, 0.2) is 0 Å². The molecule has 106 valence electrons. The van der Waals surface area contributed by atoms with Crippen molar-refractivity contribution in [3.63, 3.8) is 0 Å². The van der Waals surface area contributed by atoms with Crippen molar-refractivity contribution in [2.45, 2.75) is 20.8 Å². The standard InChI is InChI=1S/C13H21N3O3/c1-9(5-14)6-15-12(18)16-7-10(2)13(3,8-16)11(17)19-4/h9-10H,6-8H2,1-4H3,(H,15,18)/t9?,10-,13-/m1/s1. The molecular formula is C13H21N3O3. The predicted molar refractivity (Wildman–Crippen MR) is 69.0 cm³/mol. The van der Waals surface area contributed by atoms with Gasteiger partial charge in [0.15, 0.2) is 0 Å². The molecule has 0 radical (unpaired) electrons. The lowest BCUT2D eigenvalue weighted by molar-refractivity contribution is -0.152. The number of urea groups is 1. The van der Waals surface area contributed by atoms with Crippen LogP contribution in [-0.4, -0.2) is 43.6 Å². The Morgan fingerprint density at radius 3 is 2.79 bits per heavy atom. The summed E-state index contributed by atoms with van der Waals surface area (Å²) in [5, 5.41) is 11.4. The van der Waals surface area contributed by atoms with Crippen LogP contribution >= 0.6 is 0 Å².